The number of imidazole rings is 1. The molecular formula is C23H27FN4O. The van der Waals surface area contributed by atoms with E-state index in [1.165, 1.54) is 25.0 Å². The number of halogens is 1. The molecule has 1 saturated heterocycles. The Kier molecular flexibility index (Phi) is 6.17. The zero-order chi connectivity index (χ0) is 20.1. The van der Waals surface area contributed by atoms with Gasteiger partial charge in [-0.05, 0) is 49.1 Å². The van der Waals surface area contributed by atoms with Gasteiger partial charge in [-0.1, -0.05) is 25.0 Å². The Labute approximate surface area is 170 Å². The van der Waals surface area contributed by atoms with Gasteiger partial charge in [0.25, 0.3) is 0 Å². The second kappa shape index (κ2) is 9.16. The van der Waals surface area contributed by atoms with Crippen molar-refractivity contribution in [3.8, 4) is 0 Å². The van der Waals surface area contributed by atoms with Crippen LogP contribution < -0.4 is 0 Å². The van der Waals surface area contributed by atoms with Crippen LogP contribution in [0.2, 0.25) is 0 Å². The Morgan fingerprint density at radius 3 is 2.55 bits per heavy atom. The van der Waals surface area contributed by atoms with Crippen molar-refractivity contribution in [2.45, 2.75) is 51.5 Å². The topological polar surface area (TPSA) is 51.0 Å². The third kappa shape index (κ3) is 4.81. The smallest absolute Gasteiger partial charge is 0.222 e. The average molecular weight is 394 g/mol. The lowest BCUT2D eigenvalue weighted by Crippen LogP contribution is -2.31. The average Bonchev–Trinajstić information content (AvgIpc) is 2.90. The van der Waals surface area contributed by atoms with Crippen LogP contribution in [0.5, 0.6) is 0 Å². The van der Waals surface area contributed by atoms with Crippen molar-refractivity contribution in [2.24, 2.45) is 0 Å². The van der Waals surface area contributed by atoms with Crippen molar-refractivity contribution in [2.75, 3.05) is 13.1 Å². The fourth-order valence-corrected chi connectivity index (χ4v) is 4.01. The maximum atomic E-state index is 13.3. The summed E-state index contributed by atoms with van der Waals surface area (Å²) in [4.78, 5) is 23.8. The molecule has 1 aliphatic heterocycles. The number of likely N-dealkylation sites (tertiary alicyclic amines) is 1. The van der Waals surface area contributed by atoms with E-state index < -0.39 is 0 Å². The number of amides is 1. The van der Waals surface area contributed by atoms with Gasteiger partial charge in [0.2, 0.25) is 5.91 Å². The van der Waals surface area contributed by atoms with Gasteiger partial charge in [0.05, 0.1) is 6.54 Å². The molecule has 4 rings (SSSR count). The molecule has 0 spiro atoms. The van der Waals surface area contributed by atoms with Gasteiger partial charge >= 0.3 is 0 Å². The molecule has 29 heavy (non-hydrogen) atoms. The van der Waals surface area contributed by atoms with E-state index >= 15 is 0 Å². The zero-order valence-electron chi connectivity index (χ0n) is 16.7. The number of carbonyl (C=O) groups is 1. The highest BCUT2D eigenvalue weighted by molar-refractivity contribution is 5.76. The third-order valence-corrected chi connectivity index (χ3v) is 5.59. The Balaban J connectivity index is 1.46. The van der Waals surface area contributed by atoms with Crippen LogP contribution in [0.3, 0.4) is 0 Å². The molecule has 0 saturated carbocycles. The van der Waals surface area contributed by atoms with Crippen LogP contribution >= 0.6 is 0 Å². The molecule has 1 aliphatic rings. The zero-order valence-corrected chi connectivity index (χ0v) is 16.7. The highest BCUT2D eigenvalue weighted by atomic mass is 19.1. The van der Waals surface area contributed by atoms with E-state index in [1.54, 1.807) is 18.3 Å². The molecular weight excluding hydrogens is 367 g/mol. The fraction of sp³-hybridized carbons (Fsp3) is 0.435. The highest BCUT2D eigenvalue weighted by Crippen LogP contribution is 2.19. The first-order valence-corrected chi connectivity index (χ1v) is 10.5. The Hall–Kier alpha value is -2.76. The predicted molar refractivity (Wildman–Crippen MR) is 111 cm³/mol. The monoisotopic (exact) mass is 394 g/mol. The molecule has 1 aromatic carbocycles. The van der Waals surface area contributed by atoms with E-state index in [0.717, 1.165) is 61.3 Å². The Morgan fingerprint density at radius 1 is 1.03 bits per heavy atom. The minimum atomic E-state index is -0.241. The number of fused-ring (bicyclic) bond motifs is 1. The first kappa shape index (κ1) is 19.6. The predicted octanol–water partition coefficient (Wildman–Crippen LogP) is 4.34. The summed E-state index contributed by atoms with van der Waals surface area (Å²) < 4.78 is 15.3. The molecule has 0 radical (unpaired) electrons. The molecule has 5 nitrogen and oxygen atoms in total. The van der Waals surface area contributed by atoms with E-state index in [1.807, 2.05) is 17.0 Å². The minimum absolute atomic E-state index is 0.241. The summed E-state index contributed by atoms with van der Waals surface area (Å²) in [6.45, 7) is 2.38. The van der Waals surface area contributed by atoms with E-state index in [9.17, 15) is 9.18 Å². The second-order valence-electron chi connectivity index (χ2n) is 7.74. The molecule has 0 unspecified atom stereocenters. The summed E-state index contributed by atoms with van der Waals surface area (Å²) in [5.41, 5.74) is 2.67. The third-order valence-electron chi connectivity index (χ3n) is 5.59. The van der Waals surface area contributed by atoms with Crippen molar-refractivity contribution in [3.05, 3.63) is 59.8 Å². The summed E-state index contributed by atoms with van der Waals surface area (Å²) in [7, 11) is 0. The second-order valence-corrected chi connectivity index (χ2v) is 7.74. The van der Waals surface area contributed by atoms with Crippen molar-refractivity contribution >= 4 is 17.1 Å². The first-order valence-electron chi connectivity index (χ1n) is 10.5. The summed E-state index contributed by atoms with van der Waals surface area (Å²) in [5.74, 6) is 0.938. The quantitative estimate of drug-likeness (QED) is 0.625. The highest BCUT2D eigenvalue weighted by Gasteiger charge is 2.17. The number of hydrogen-bond donors (Lipinski definition) is 0. The van der Waals surface area contributed by atoms with Gasteiger partial charge in [0, 0.05) is 32.1 Å². The van der Waals surface area contributed by atoms with Gasteiger partial charge in [0.1, 0.15) is 17.2 Å². The van der Waals surface area contributed by atoms with Crippen LogP contribution in [0.1, 0.15) is 49.9 Å². The van der Waals surface area contributed by atoms with Gasteiger partial charge in [-0.25, -0.2) is 14.4 Å². The molecule has 2 aromatic heterocycles. The number of aromatic nitrogens is 3. The van der Waals surface area contributed by atoms with Gasteiger partial charge in [-0.2, -0.15) is 0 Å². The standard InChI is InChI=1S/C23H27FN4O/c24-19-12-10-18(11-13-19)17-28-21(26-20-7-6-14-25-23(20)28)8-5-9-22(29)27-15-3-1-2-4-16-27/h6-7,10-14H,1-5,8-9,15-17H2. The number of benzene rings is 1. The summed E-state index contributed by atoms with van der Waals surface area (Å²) >= 11 is 0. The number of hydrogen-bond acceptors (Lipinski definition) is 3. The van der Waals surface area contributed by atoms with Crippen molar-refractivity contribution in [1.29, 1.82) is 0 Å². The largest absolute Gasteiger partial charge is 0.343 e. The Morgan fingerprint density at radius 2 is 1.79 bits per heavy atom. The van der Waals surface area contributed by atoms with E-state index in [0.29, 0.717) is 13.0 Å². The van der Waals surface area contributed by atoms with Gasteiger partial charge in [-0.15, -0.1) is 0 Å². The number of rotatable bonds is 6. The molecule has 6 heteroatoms. The van der Waals surface area contributed by atoms with Crippen molar-refractivity contribution in [3.63, 3.8) is 0 Å². The number of nitrogens with zero attached hydrogens (tertiary/aromatic N) is 4. The first-order chi connectivity index (χ1) is 14.2. The summed E-state index contributed by atoms with van der Waals surface area (Å²) in [6.07, 6.45) is 8.48. The van der Waals surface area contributed by atoms with Crippen LogP contribution in [0.25, 0.3) is 11.2 Å². The number of aryl methyl sites for hydroxylation is 1. The summed E-state index contributed by atoms with van der Waals surface area (Å²) in [5, 5.41) is 0. The lowest BCUT2D eigenvalue weighted by molar-refractivity contribution is -0.131. The van der Waals surface area contributed by atoms with E-state index in [4.69, 9.17) is 4.98 Å². The molecule has 3 heterocycles. The van der Waals surface area contributed by atoms with E-state index in [-0.39, 0.29) is 11.7 Å². The summed E-state index contributed by atoms with van der Waals surface area (Å²) in [6, 6.07) is 10.4. The molecule has 1 amide bonds. The SMILES string of the molecule is O=C(CCCc1nc2cccnc2n1Cc1ccc(F)cc1)N1CCCCCC1. The molecule has 0 atom stereocenters. The van der Waals surface area contributed by atoms with Crippen LogP contribution in [-0.2, 0) is 17.8 Å². The maximum absolute atomic E-state index is 13.3. The fourth-order valence-electron chi connectivity index (χ4n) is 4.01. The van der Waals surface area contributed by atoms with Crippen LogP contribution in [0.15, 0.2) is 42.6 Å². The van der Waals surface area contributed by atoms with Crippen LogP contribution in [-0.4, -0.2) is 38.4 Å². The minimum Gasteiger partial charge on any atom is -0.343 e. The Bertz CT molecular complexity index is 959. The lowest BCUT2D eigenvalue weighted by Gasteiger charge is -2.20. The van der Waals surface area contributed by atoms with Crippen molar-refractivity contribution in [1.82, 2.24) is 19.4 Å². The lowest BCUT2D eigenvalue weighted by atomic mass is 10.2. The van der Waals surface area contributed by atoms with Gasteiger partial charge < -0.3 is 9.47 Å². The molecule has 3 aromatic rings. The number of carbonyl (C=O) groups excluding carboxylic acids is 1. The van der Waals surface area contributed by atoms with Gasteiger partial charge in [-0.3, -0.25) is 4.79 Å². The van der Waals surface area contributed by atoms with Gasteiger partial charge in [0.15, 0.2) is 5.65 Å². The molecule has 152 valence electrons. The molecule has 1 fully saturated rings. The maximum Gasteiger partial charge on any atom is 0.222 e. The molecule has 0 aliphatic carbocycles. The van der Waals surface area contributed by atoms with Crippen LogP contribution in [0.4, 0.5) is 4.39 Å². The number of pyridine rings is 1. The molecule has 0 N–H and O–H groups in total. The van der Waals surface area contributed by atoms with Crippen molar-refractivity contribution < 1.29 is 9.18 Å². The van der Waals surface area contributed by atoms with E-state index in [2.05, 4.69) is 9.55 Å². The van der Waals surface area contributed by atoms with Crippen LogP contribution in [0, 0.1) is 5.82 Å². The molecule has 0 bridgehead atoms. The normalized spacial score (nSPS) is 14.9.